The number of carbonyl (C=O) groups is 4. The van der Waals surface area contributed by atoms with Gasteiger partial charge in [-0.1, -0.05) is 44.2 Å². The van der Waals surface area contributed by atoms with Gasteiger partial charge in [0.2, 0.25) is 22.7 Å². The van der Waals surface area contributed by atoms with Crippen LogP contribution in [0.4, 0.5) is 9.18 Å². The Hall–Kier alpha value is -4.47. The maximum Gasteiger partial charge on any atom is 0.405 e. The Morgan fingerprint density at radius 2 is 1.88 bits per heavy atom. The van der Waals surface area contributed by atoms with Gasteiger partial charge in [0.15, 0.2) is 0 Å². The summed E-state index contributed by atoms with van der Waals surface area (Å²) in [6.45, 7) is 5.94. The second kappa shape index (κ2) is 13.9. The molecule has 7 atom stereocenters. The molecule has 6 rings (SSSR count). The fourth-order valence-corrected chi connectivity index (χ4v) is 8.53. The van der Waals surface area contributed by atoms with Crippen molar-refractivity contribution >= 4 is 44.6 Å². The van der Waals surface area contributed by atoms with Crippen molar-refractivity contribution in [3.8, 4) is 11.6 Å². The quantitative estimate of drug-likeness (QED) is 0.293. The van der Waals surface area contributed by atoms with E-state index in [1.807, 2.05) is 48.9 Å². The molecule has 16 heteroatoms. The number of pyridine rings is 1. The van der Waals surface area contributed by atoms with E-state index in [1.165, 1.54) is 11.1 Å². The van der Waals surface area contributed by atoms with E-state index >= 15 is 0 Å². The molecule has 0 spiro atoms. The topological polar surface area (TPSA) is 193 Å². The number of halogens is 1. The molecule has 51 heavy (non-hydrogen) atoms. The van der Waals surface area contributed by atoms with Crippen LogP contribution in [0, 0.1) is 17.8 Å². The molecule has 0 radical (unpaired) electrons. The SMILES string of the molecule is CCOc1cnc(O[C@@H]2C[C@H]3C(=O)N[C@]4(C(=O)NS(=O)(=O)C5(F)CC5)C[C@H]4C=CCC[C@@H](C)C[C@@H](C)[C@H](NC(=O)O)C(=O)N3C2)c2ccccc12. The molecule has 1 aromatic carbocycles. The third kappa shape index (κ3) is 7.32. The molecule has 1 aromatic heterocycles. The lowest BCUT2D eigenvalue weighted by Crippen LogP contribution is -2.59. The molecular weight excluding hydrogens is 685 g/mol. The molecule has 3 fully saturated rings. The van der Waals surface area contributed by atoms with Crippen LogP contribution >= 0.6 is 0 Å². The first kappa shape index (κ1) is 36.3. The summed E-state index contributed by atoms with van der Waals surface area (Å²) in [7, 11) is -4.66. The number of hydrogen-bond acceptors (Lipinski definition) is 9. The molecule has 2 aliphatic carbocycles. The minimum atomic E-state index is -4.66. The summed E-state index contributed by atoms with van der Waals surface area (Å²) < 4.78 is 54.1. The maximum atomic E-state index is 14.7. The lowest BCUT2D eigenvalue weighted by molar-refractivity contribution is -0.142. The number of sulfonamides is 1. The highest BCUT2D eigenvalue weighted by Crippen LogP contribution is 2.48. The smallest absolute Gasteiger partial charge is 0.405 e. The summed E-state index contributed by atoms with van der Waals surface area (Å²) in [5.74, 6) is -2.59. The van der Waals surface area contributed by atoms with Gasteiger partial charge in [0.05, 0.1) is 19.3 Å². The number of aromatic nitrogens is 1. The molecule has 2 aliphatic heterocycles. The van der Waals surface area contributed by atoms with Gasteiger partial charge in [-0.05, 0) is 50.5 Å². The minimum Gasteiger partial charge on any atom is -0.492 e. The number of amides is 4. The Bertz CT molecular complexity index is 1850. The van der Waals surface area contributed by atoms with Crippen LogP contribution in [0.5, 0.6) is 11.6 Å². The standard InChI is InChI=1S/C35H44FN5O9S/c1-4-49-27-18-37-30(25-12-8-7-11-24(25)27)50-23-16-26-29(42)39-35(32(44)40-51(47,48)34(36)13-14-34)17-22(35)10-6-5-9-20(2)15-21(3)28(38-33(45)46)31(43)41(26)19-23/h6-8,10-12,18,20-23,26,28,38H,4-5,9,13-17,19H2,1-3H3,(H,39,42)(H,40,44)(H,45,46)/t20-,21-,22-,23-,26+,28+,35-/m1/s1. The molecule has 4 N–H and O–H groups in total. The van der Waals surface area contributed by atoms with E-state index in [-0.39, 0.29) is 44.0 Å². The highest BCUT2D eigenvalue weighted by Gasteiger charge is 2.64. The number of rotatable bonds is 8. The van der Waals surface area contributed by atoms with Gasteiger partial charge >= 0.3 is 6.09 Å². The summed E-state index contributed by atoms with van der Waals surface area (Å²) in [5.41, 5.74) is -1.70. The van der Waals surface area contributed by atoms with Gasteiger partial charge in [-0.25, -0.2) is 27.3 Å². The summed E-state index contributed by atoms with van der Waals surface area (Å²) in [4.78, 5) is 59.8. The number of alkyl halides is 1. The van der Waals surface area contributed by atoms with Gasteiger partial charge < -0.3 is 30.1 Å². The Morgan fingerprint density at radius 1 is 1.16 bits per heavy atom. The van der Waals surface area contributed by atoms with Gasteiger partial charge in [0.1, 0.15) is 29.5 Å². The average molecular weight is 730 g/mol. The largest absolute Gasteiger partial charge is 0.492 e. The zero-order valence-electron chi connectivity index (χ0n) is 28.8. The first-order valence-corrected chi connectivity index (χ1v) is 18.9. The third-order valence-electron chi connectivity index (χ3n) is 10.3. The predicted molar refractivity (Wildman–Crippen MR) is 183 cm³/mol. The number of carboxylic acid groups (broad SMARTS) is 1. The Kier molecular flexibility index (Phi) is 9.92. The number of allylic oxidation sites excluding steroid dienone is 1. The first-order chi connectivity index (χ1) is 24.2. The van der Waals surface area contributed by atoms with Crippen molar-refractivity contribution in [3.05, 3.63) is 42.6 Å². The third-order valence-corrected chi connectivity index (χ3v) is 12.2. The zero-order chi connectivity index (χ0) is 36.7. The maximum absolute atomic E-state index is 14.7. The molecule has 4 amide bonds. The number of nitrogens with zero attached hydrogens (tertiary/aromatic N) is 2. The van der Waals surface area contributed by atoms with Crippen molar-refractivity contribution in [2.75, 3.05) is 13.2 Å². The van der Waals surface area contributed by atoms with Crippen LogP contribution in [0.25, 0.3) is 10.8 Å². The highest BCUT2D eigenvalue weighted by molar-refractivity contribution is 7.91. The van der Waals surface area contributed by atoms with Crippen molar-refractivity contribution in [3.63, 3.8) is 0 Å². The molecule has 14 nitrogen and oxygen atoms in total. The van der Waals surface area contributed by atoms with Crippen LogP contribution in [0.2, 0.25) is 0 Å². The van der Waals surface area contributed by atoms with E-state index in [4.69, 9.17) is 9.47 Å². The molecule has 4 aliphatic rings. The highest BCUT2D eigenvalue weighted by atomic mass is 32.2. The Balaban J connectivity index is 1.34. The molecule has 3 heterocycles. The Morgan fingerprint density at radius 3 is 2.57 bits per heavy atom. The van der Waals surface area contributed by atoms with Gasteiger partial charge in [-0.2, -0.15) is 0 Å². The van der Waals surface area contributed by atoms with Crippen LogP contribution < -0.4 is 24.8 Å². The van der Waals surface area contributed by atoms with Gasteiger partial charge in [-0.3, -0.25) is 14.4 Å². The van der Waals surface area contributed by atoms with Gasteiger partial charge in [-0.15, -0.1) is 0 Å². The molecule has 276 valence electrons. The van der Waals surface area contributed by atoms with E-state index in [1.54, 1.807) is 13.0 Å². The van der Waals surface area contributed by atoms with Gasteiger partial charge in [0.25, 0.3) is 15.9 Å². The number of hydrogen-bond donors (Lipinski definition) is 4. The fraction of sp³-hybridized carbons (Fsp3) is 0.571. The second-order valence-corrected chi connectivity index (χ2v) is 16.2. The summed E-state index contributed by atoms with van der Waals surface area (Å²) in [5, 5.41) is 13.7. The molecule has 1 saturated heterocycles. The first-order valence-electron chi connectivity index (χ1n) is 17.4. The van der Waals surface area contributed by atoms with Crippen molar-refractivity contribution < 1.29 is 46.6 Å². The minimum absolute atomic E-state index is 0.0462. The molecule has 0 bridgehead atoms. The lowest BCUT2D eigenvalue weighted by atomic mass is 9.88. The Labute approximate surface area is 295 Å². The molecule has 2 saturated carbocycles. The number of nitrogens with one attached hydrogen (secondary N) is 3. The van der Waals surface area contributed by atoms with Crippen molar-refractivity contribution in [1.29, 1.82) is 0 Å². The average Bonchev–Trinajstić information content (AvgIpc) is 3.96. The zero-order valence-corrected chi connectivity index (χ0v) is 29.6. The van der Waals surface area contributed by atoms with Crippen molar-refractivity contribution in [2.24, 2.45) is 17.8 Å². The number of benzene rings is 1. The van der Waals surface area contributed by atoms with Crippen LogP contribution in [-0.4, -0.2) is 89.1 Å². The van der Waals surface area contributed by atoms with E-state index in [0.717, 1.165) is 5.39 Å². The van der Waals surface area contributed by atoms with Crippen LogP contribution in [0.1, 0.15) is 65.7 Å². The molecule has 2 aromatic rings. The summed E-state index contributed by atoms with van der Waals surface area (Å²) in [6.07, 6.45) is 4.31. The summed E-state index contributed by atoms with van der Waals surface area (Å²) >= 11 is 0. The van der Waals surface area contributed by atoms with Crippen LogP contribution in [-0.2, 0) is 24.4 Å². The number of carbonyl (C=O) groups excluding carboxylic acids is 3. The summed E-state index contributed by atoms with van der Waals surface area (Å²) in [6, 6.07) is 4.89. The van der Waals surface area contributed by atoms with Crippen molar-refractivity contribution in [2.45, 2.75) is 94.4 Å². The van der Waals surface area contributed by atoms with E-state index in [0.29, 0.717) is 37.0 Å². The normalized spacial score (nSPS) is 30.5. The predicted octanol–water partition coefficient (Wildman–Crippen LogP) is 3.41. The lowest BCUT2D eigenvalue weighted by Gasteiger charge is -2.32. The number of fused-ring (bicyclic) bond motifs is 3. The monoisotopic (exact) mass is 729 g/mol. The van der Waals surface area contributed by atoms with Crippen LogP contribution in [0.15, 0.2) is 42.6 Å². The van der Waals surface area contributed by atoms with Gasteiger partial charge in [0, 0.05) is 36.0 Å². The van der Waals surface area contributed by atoms with E-state index in [9.17, 15) is 37.1 Å². The second-order valence-electron chi connectivity index (χ2n) is 14.2. The number of ether oxygens (including phenoxy) is 2. The fourth-order valence-electron chi connectivity index (χ4n) is 7.28. The van der Waals surface area contributed by atoms with E-state index in [2.05, 4.69) is 15.6 Å². The van der Waals surface area contributed by atoms with Crippen LogP contribution in [0.3, 0.4) is 0 Å². The molecular formula is C35H44FN5O9S. The van der Waals surface area contributed by atoms with Crippen molar-refractivity contribution in [1.82, 2.24) is 25.2 Å². The molecule has 0 unspecified atom stereocenters. The van der Waals surface area contributed by atoms with E-state index < -0.39 is 74.4 Å².